The van der Waals surface area contributed by atoms with Crippen LogP contribution in [0.4, 0.5) is 4.39 Å². The van der Waals surface area contributed by atoms with Gasteiger partial charge in [-0.1, -0.05) is 6.07 Å². The summed E-state index contributed by atoms with van der Waals surface area (Å²) in [5.41, 5.74) is 1.39. The van der Waals surface area contributed by atoms with Crippen LogP contribution in [-0.4, -0.2) is 8.42 Å². The molecular formula is C9H8ClFO2S. The van der Waals surface area contributed by atoms with Crippen molar-refractivity contribution in [2.75, 3.05) is 0 Å². The molecule has 0 fully saturated rings. The highest BCUT2D eigenvalue weighted by molar-refractivity contribution is 8.13. The van der Waals surface area contributed by atoms with Crippen molar-refractivity contribution in [3.05, 3.63) is 35.1 Å². The van der Waals surface area contributed by atoms with E-state index in [1.54, 1.807) is 0 Å². The number of hydrogen-bond donors (Lipinski definition) is 0. The van der Waals surface area contributed by atoms with Gasteiger partial charge in [0.15, 0.2) is 0 Å². The summed E-state index contributed by atoms with van der Waals surface area (Å²) in [5.74, 6) is -0.337. The van der Waals surface area contributed by atoms with Gasteiger partial charge in [0.2, 0.25) is 9.05 Å². The maximum atomic E-state index is 12.8. The first-order valence-electron chi connectivity index (χ1n) is 4.20. The van der Waals surface area contributed by atoms with Gasteiger partial charge in [0.1, 0.15) is 11.1 Å². The average molecular weight is 235 g/mol. The van der Waals surface area contributed by atoms with Crippen LogP contribution in [0.1, 0.15) is 22.8 Å². The Morgan fingerprint density at radius 3 is 2.79 bits per heavy atom. The molecule has 0 saturated heterocycles. The molecule has 0 spiro atoms. The molecule has 14 heavy (non-hydrogen) atoms. The average Bonchev–Trinajstić information content (AvgIpc) is 2.45. The zero-order valence-electron chi connectivity index (χ0n) is 7.20. The molecule has 76 valence electrons. The summed E-state index contributed by atoms with van der Waals surface area (Å²) in [5, 5.41) is -0.667. The topological polar surface area (TPSA) is 34.1 Å². The molecular weight excluding hydrogens is 227 g/mol. The lowest BCUT2D eigenvalue weighted by atomic mass is 10.1. The van der Waals surface area contributed by atoms with Crippen LogP contribution in [0, 0.1) is 5.82 Å². The van der Waals surface area contributed by atoms with Crippen LogP contribution in [0.2, 0.25) is 0 Å². The summed E-state index contributed by atoms with van der Waals surface area (Å²) >= 11 is 0. The molecule has 0 heterocycles. The fraction of sp³-hybridized carbons (Fsp3) is 0.333. The Hall–Kier alpha value is -0.610. The lowest BCUT2D eigenvalue weighted by Gasteiger charge is -2.06. The highest BCUT2D eigenvalue weighted by Gasteiger charge is 2.32. The molecule has 0 N–H and O–H groups in total. The Bertz CT molecular complexity index is 470. The highest BCUT2D eigenvalue weighted by atomic mass is 35.7. The second-order valence-electron chi connectivity index (χ2n) is 3.35. The summed E-state index contributed by atoms with van der Waals surface area (Å²) in [7, 11) is 1.71. The van der Waals surface area contributed by atoms with Crippen molar-refractivity contribution in [2.45, 2.75) is 18.1 Å². The van der Waals surface area contributed by atoms with Crippen molar-refractivity contribution in [2.24, 2.45) is 0 Å². The molecule has 0 radical (unpaired) electrons. The minimum absolute atomic E-state index is 0.337. The Kier molecular flexibility index (Phi) is 2.27. The Morgan fingerprint density at radius 1 is 1.43 bits per heavy atom. The van der Waals surface area contributed by atoms with Crippen molar-refractivity contribution in [1.82, 2.24) is 0 Å². The van der Waals surface area contributed by atoms with Crippen LogP contribution in [0.25, 0.3) is 0 Å². The lowest BCUT2D eigenvalue weighted by molar-refractivity contribution is 0.595. The zero-order valence-corrected chi connectivity index (χ0v) is 8.78. The summed E-state index contributed by atoms with van der Waals surface area (Å²) in [6, 6.07) is 4.14. The molecule has 1 aliphatic rings. The first-order valence-corrected chi connectivity index (χ1v) is 6.57. The summed E-state index contributed by atoms with van der Waals surface area (Å²) in [6.45, 7) is 0. The van der Waals surface area contributed by atoms with Gasteiger partial charge in [-0.3, -0.25) is 0 Å². The summed E-state index contributed by atoms with van der Waals surface area (Å²) in [4.78, 5) is 0. The van der Waals surface area contributed by atoms with E-state index in [9.17, 15) is 12.8 Å². The molecule has 5 heteroatoms. The number of benzene rings is 1. The number of halogens is 2. The molecule has 2 rings (SSSR count). The Balaban J connectivity index is 2.51. The molecule has 1 unspecified atom stereocenters. The van der Waals surface area contributed by atoms with Crippen LogP contribution in [0.3, 0.4) is 0 Å². The third kappa shape index (κ3) is 1.64. The van der Waals surface area contributed by atoms with E-state index in [0.29, 0.717) is 18.4 Å². The minimum atomic E-state index is -3.58. The van der Waals surface area contributed by atoms with E-state index in [-0.39, 0.29) is 5.82 Å². The molecule has 1 aromatic rings. The van der Waals surface area contributed by atoms with Gasteiger partial charge in [-0.15, -0.1) is 0 Å². The summed E-state index contributed by atoms with van der Waals surface area (Å²) < 4.78 is 35.1. The predicted octanol–water partition coefficient (Wildman–Crippen LogP) is 2.38. The van der Waals surface area contributed by atoms with E-state index >= 15 is 0 Å². The van der Waals surface area contributed by atoms with E-state index < -0.39 is 14.3 Å². The van der Waals surface area contributed by atoms with Gasteiger partial charge in [0.25, 0.3) is 0 Å². The van der Waals surface area contributed by atoms with Gasteiger partial charge in [-0.2, -0.15) is 0 Å². The van der Waals surface area contributed by atoms with Gasteiger partial charge in [-0.05, 0) is 36.1 Å². The molecule has 0 saturated carbocycles. The van der Waals surface area contributed by atoms with Crippen LogP contribution >= 0.6 is 10.7 Å². The molecule has 0 aliphatic heterocycles. The second kappa shape index (κ2) is 3.21. The van der Waals surface area contributed by atoms with E-state index in [1.807, 2.05) is 0 Å². The van der Waals surface area contributed by atoms with Gasteiger partial charge >= 0.3 is 0 Å². The molecule has 2 nitrogen and oxygen atoms in total. The molecule has 1 aromatic carbocycles. The van der Waals surface area contributed by atoms with Crippen LogP contribution in [0.5, 0.6) is 0 Å². The third-order valence-corrected chi connectivity index (χ3v) is 4.28. The van der Waals surface area contributed by atoms with E-state index in [1.165, 1.54) is 18.2 Å². The van der Waals surface area contributed by atoms with Crippen LogP contribution < -0.4 is 0 Å². The van der Waals surface area contributed by atoms with Crippen molar-refractivity contribution in [1.29, 1.82) is 0 Å². The first kappa shape index (κ1) is 9.93. The first-order chi connectivity index (χ1) is 6.48. The Labute approximate surface area is 86.1 Å². The minimum Gasteiger partial charge on any atom is -0.212 e. The molecule has 1 aliphatic carbocycles. The highest BCUT2D eigenvalue weighted by Crippen LogP contribution is 2.38. The number of hydrogen-bond acceptors (Lipinski definition) is 2. The van der Waals surface area contributed by atoms with E-state index in [4.69, 9.17) is 10.7 Å². The van der Waals surface area contributed by atoms with Crippen molar-refractivity contribution >= 4 is 19.7 Å². The molecule has 0 bridgehead atoms. The fourth-order valence-electron chi connectivity index (χ4n) is 1.84. The second-order valence-corrected chi connectivity index (χ2v) is 6.16. The zero-order chi connectivity index (χ0) is 10.3. The van der Waals surface area contributed by atoms with Gasteiger partial charge in [0, 0.05) is 10.7 Å². The smallest absolute Gasteiger partial charge is 0.212 e. The Morgan fingerprint density at radius 2 is 2.14 bits per heavy atom. The lowest BCUT2D eigenvalue weighted by Crippen LogP contribution is -2.02. The van der Waals surface area contributed by atoms with Crippen molar-refractivity contribution < 1.29 is 12.8 Å². The molecule has 0 aromatic heterocycles. The number of aryl methyl sites for hydroxylation is 1. The van der Waals surface area contributed by atoms with Gasteiger partial charge in [-0.25, -0.2) is 12.8 Å². The maximum absolute atomic E-state index is 12.8. The van der Waals surface area contributed by atoms with Crippen molar-refractivity contribution in [3.8, 4) is 0 Å². The summed E-state index contributed by atoms with van der Waals surface area (Å²) in [6.07, 6.45) is 1.02. The quantitative estimate of drug-likeness (QED) is 0.700. The van der Waals surface area contributed by atoms with E-state index in [2.05, 4.69) is 0 Å². The van der Waals surface area contributed by atoms with Gasteiger partial charge in [0.05, 0.1) is 0 Å². The predicted molar refractivity (Wildman–Crippen MR) is 52.2 cm³/mol. The van der Waals surface area contributed by atoms with Gasteiger partial charge < -0.3 is 0 Å². The number of fused-ring (bicyclic) bond motifs is 1. The largest absolute Gasteiger partial charge is 0.239 e. The van der Waals surface area contributed by atoms with E-state index in [0.717, 1.165) is 5.56 Å². The molecule has 0 amide bonds. The van der Waals surface area contributed by atoms with Crippen LogP contribution in [0.15, 0.2) is 18.2 Å². The van der Waals surface area contributed by atoms with Crippen molar-refractivity contribution in [3.63, 3.8) is 0 Å². The van der Waals surface area contributed by atoms with Crippen LogP contribution in [-0.2, 0) is 15.5 Å². The third-order valence-electron chi connectivity index (χ3n) is 2.47. The monoisotopic (exact) mass is 234 g/mol. The standard InChI is InChI=1S/C9H8ClFO2S/c10-14(12,13)9-4-1-6-5-7(11)2-3-8(6)9/h2-3,5,9H,1,4H2. The fourth-order valence-corrected chi connectivity index (χ4v) is 3.33. The molecule has 1 atom stereocenters. The normalized spacial score (nSPS) is 20.9. The maximum Gasteiger partial charge on any atom is 0.239 e. The SMILES string of the molecule is O=S(=O)(Cl)C1CCc2cc(F)ccc21. The number of rotatable bonds is 1.